The molecular weight excluding hydrogens is 736 g/mol. The average Bonchev–Trinajstić information content (AvgIpc) is 3.15. The molecule has 0 radical (unpaired) electrons. The summed E-state index contributed by atoms with van der Waals surface area (Å²) in [7, 11) is 0. The lowest BCUT2D eigenvalue weighted by atomic mass is 9.97. The molecule has 2 saturated heterocycles. The zero-order valence-corrected chi connectivity index (χ0v) is 28.2. The summed E-state index contributed by atoms with van der Waals surface area (Å²) in [5, 5.41) is 113. The van der Waals surface area contributed by atoms with Crippen molar-refractivity contribution in [3.8, 4) is 45.8 Å². The third kappa shape index (κ3) is 8.01. The van der Waals surface area contributed by atoms with Crippen LogP contribution in [-0.2, 0) is 23.7 Å². The molecule has 3 aromatic carbocycles. The van der Waals surface area contributed by atoms with Gasteiger partial charge in [-0.05, 0) is 42.0 Å². The Labute approximate surface area is 308 Å². The second kappa shape index (κ2) is 16.1. The number of esters is 1. The standard InChI is InChI=1S/C36H36O19/c37-12-22-26(45)29(48)33(53-24(44)8-3-14-1-5-16(39)6-2-14)35(51-22)55-34-30(49)27(46)23(13-38)52-36(34)54-32-28(47)25-20(43)10-17(40)11-21(25)50-31(32)15-4-7-18(41)19(42)9-15/h1-11,22-23,26-27,29-30,33-43,45-46,48-49H,12-13H2/b8-3+/t22-,23-,26-,27-,29+,30+,33-,34-,35+,36+/m1/s1. The first kappa shape index (κ1) is 39.2. The summed E-state index contributed by atoms with van der Waals surface area (Å²) in [5.41, 5.74) is -1.11. The number of hydrogen-bond acceptors (Lipinski definition) is 19. The van der Waals surface area contributed by atoms with Gasteiger partial charge in [0.2, 0.25) is 17.5 Å². The molecule has 2 aliphatic rings. The highest BCUT2D eigenvalue weighted by molar-refractivity contribution is 5.88. The van der Waals surface area contributed by atoms with Gasteiger partial charge in [0.1, 0.15) is 64.8 Å². The van der Waals surface area contributed by atoms with Gasteiger partial charge in [-0.2, -0.15) is 0 Å². The third-order valence-electron chi connectivity index (χ3n) is 8.89. The maximum atomic E-state index is 14.0. The van der Waals surface area contributed by atoms with Crippen molar-refractivity contribution in [1.82, 2.24) is 0 Å². The summed E-state index contributed by atoms with van der Waals surface area (Å²) >= 11 is 0. The zero-order valence-electron chi connectivity index (χ0n) is 28.2. The molecule has 0 unspecified atom stereocenters. The molecule has 3 heterocycles. The monoisotopic (exact) mass is 772 g/mol. The molecule has 294 valence electrons. The Morgan fingerprint density at radius 3 is 1.98 bits per heavy atom. The van der Waals surface area contributed by atoms with Crippen LogP contribution in [0.2, 0.25) is 0 Å². The minimum atomic E-state index is -2.07. The van der Waals surface area contributed by atoms with Crippen molar-refractivity contribution in [1.29, 1.82) is 0 Å². The number of rotatable bonds is 10. The van der Waals surface area contributed by atoms with Crippen LogP contribution < -0.4 is 10.2 Å². The molecule has 2 aliphatic heterocycles. The molecule has 55 heavy (non-hydrogen) atoms. The van der Waals surface area contributed by atoms with Crippen LogP contribution in [0.3, 0.4) is 0 Å². The van der Waals surface area contributed by atoms with Gasteiger partial charge < -0.3 is 84.3 Å². The zero-order chi connectivity index (χ0) is 39.7. The fourth-order valence-corrected chi connectivity index (χ4v) is 6.01. The van der Waals surface area contributed by atoms with E-state index in [1.807, 2.05) is 0 Å². The number of aromatic hydroxyl groups is 5. The Morgan fingerprint density at radius 1 is 0.709 bits per heavy atom. The molecule has 11 N–H and O–H groups in total. The largest absolute Gasteiger partial charge is 0.508 e. The number of carbonyl (C=O) groups excluding carboxylic acids is 1. The summed E-state index contributed by atoms with van der Waals surface area (Å²) in [5.74, 6) is -4.86. The van der Waals surface area contributed by atoms with Crippen LogP contribution in [-0.4, -0.2) is 137 Å². The molecule has 4 aromatic rings. The van der Waals surface area contributed by atoms with E-state index in [1.54, 1.807) is 0 Å². The van der Waals surface area contributed by atoms with E-state index >= 15 is 0 Å². The normalized spacial score (nSPS) is 28.3. The number of phenolic OH excluding ortho intramolecular Hbond substituents is 5. The first-order chi connectivity index (χ1) is 26.2. The second-order valence-corrected chi connectivity index (χ2v) is 12.6. The summed E-state index contributed by atoms with van der Waals surface area (Å²) in [4.78, 5) is 26.9. The molecule has 6 rings (SSSR count). The maximum absolute atomic E-state index is 14.0. The van der Waals surface area contributed by atoms with Gasteiger partial charge in [-0.3, -0.25) is 4.79 Å². The molecule has 2 fully saturated rings. The predicted octanol–water partition coefficient (Wildman–Crippen LogP) is -0.745. The Bertz CT molecular complexity index is 2100. The lowest BCUT2D eigenvalue weighted by molar-refractivity contribution is -0.358. The van der Waals surface area contributed by atoms with Gasteiger partial charge in [-0.25, -0.2) is 4.79 Å². The Kier molecular flexibility index (Phi) is 11.5. The van der Waals surface area contributed by atoms with Gasteiger partial charge >= 0.3 is 5.97 Å². The molecule has 1 aromatic heterocycles. The fraction of sp³-hybridized carbons (Fsp3) is 0.333. The quantitative estimate of drug-likeness (QED) is 0.0537. The number of aliphatic hydroxyl groups excluding tert-OH is 6. The van der Waals surface area contributed by atoms with Crippen LogP contribution in [0, 0.1) is 0 Å². The van der Waals surface area contributed by atoms with E-state index in [1.165, 1.54) is 36.4 Å². The number of phenols is 5. The first-order valence-electron chi connectivity index (χ1n) is 16.5. The van der Waals surface area contributed by atoms with E-state index in [2.05, 4.69) is 0 Å². The lowest BCUT2D eigenvalue weighted by Gasteiger charge is -2.46. The molecular formula is C36H36O19. The van der Waals surface area contributed by atoms with E-state index in [0.29, 0.717) is 5.56 Å². The summed E-state index contributed by atoms with van der Waals surface area (Å²) in [6.45, 7) is -1.81. The van der Waals surface area contributed by atoms with Gasteiger partial charge in [0.25, 0.3) is 0 Å². The van der Waals surface area contributed by atoms with E-state index < -0.39 is 126 Å². The summed E-state index contributed by atoms with van der Waals surface area (Å²) in [6.07, 6.45) is -16.6. The Morgan fingerprint density at radius 2 is 1.35 bits per heavy atom. The highest BCUT2D eigenvalue weighted by atomic mass is 16.8. The smallest absolute Gasteiger partial charge is 0.331 e. The molecule has 0 spiro atoms. The van der Waals surface area contributed by atoms with Crippen molar-refractivity contribution < 1.29 is 89.1 Å². The molecule has 19 nitrogen and oxygen atoms in total. The van der Waals surface area contributed by atoms with Crippen molar-refractivity contribution >= 4 is 23.0 Å². The lowest BCUT2D eigenvalue weighted by Crippen LogP contribution is -2.65. The Balaban J connectivity index is 1.39. The summed E-state index contributed by atoms with van der Waals surface area (Å²) in [6, 6.07) is 10.7. The molecule has 0 saturated carbocycles. The van der Waals surface area contributed by atoms with E-state index in [9.17, 15) is 65.8 Å². The fourth-order valence-electron chi connectivity index (χ4n) is 6.01. The van der Waals surface area contributed by atoms with E-state index in [-0.39, 0.29) is 16.9 Å². The van der Waals surface area contributed by atoms with Gasteiger partial charge in [0.15, 0.2) is 35.8 Å². The average molecular weight is 773 g/mol. The number of hydrogen-bond donors (Lipinski definition) is 11. The Hall–Kier alpha value is -5.48. The molecule has 0 bridgehead atoms. The number of carbonyl (C=O) groups is 1. The van der Waals surface area contributed by atoms with Crippen LogP contribution in [0.1, 0.15) is 5.56 Å². The van der Waals surface area contributed by atoms with Crippen molar-refractivity contribution in [2.75, 3.05) is 13.2 Å². The highest BCUT2D eigenvalue weighted by Gasteiger charge is 2.53. The van der Waals surface area contributed by atoms with Crippen molar-refractivity contribution in [3.05, 3.63) is 76.5 Å². The van der Waals surface area contributed by atoms with Crippen molar-refractivity contribution in [2.45, 2.75) is 61.4 Å². The van der Waals surface area contributed by atoms with Crippen LogP contribution in [0.25, 0.3) is 28.4 Å². The van der Waals surface area contributed by atoms with E-state index in [0.717, 1.165) is 30.3 Å². The van der Waals surface area contributed by atoms with Crippen molar-refractivity contribution in [3.63, 3.8) is 0 Å². The first-order valence-corrected chi connectivity index (χ1v) is 16.5. The van der Waals surface area contributed by atoms with Crippen LogP contribution in [0.4, 0.5) is 0 Å². The number of fused-ring (bicyclic) bond motifs is 1. The van der Waals surface area contributed by atoms with Crippen molar-refractivity contribution in [2.24, 2.45) is 0 Å². The van der Waals surface area contributed by atoms with Gasteiger partial charge in [0.05, 0.1) is 13.2 Å². The molecule has 0 aliphatic carbocycles. The molecule has 19 heteroatoms. The number of aliphatic hydroxyl groups is 6. The number of ether oxygens (including phenoxy) is 5. The van der Waals surface area contributed by atoms with Crippen LogP contribution >= 0.6 is 0 Å². The number of benzene rings is 3. The second-order valence-electron chi connectivity index (χ2n) is 12.6. The highest BCUT2D eigenvalue weighted by Crippen LogP contribution is 2.40. The van der Waals surface area contributed by atoms with Crippen LogP contribution in [0.15, 0.2) is 69.9 Å². The van der Waals surface area contributed by atoms with Crippen LogP contribution in [0.5, 0.6) is 34.5 Å². The topological polar surface area (TPSA) is 316 Å². The third-order valence-corrected chi connectivity index (χ3v) is 8.89. The van der Waals surface area contributed by atoms with E-state index in [4.69, 9.17) is 28.1 Å². The van der Waals surface area contributed by atoms with Gasteiger partial charge in [-0.1, -0.05) is 12.1 Å². The minimum Gasteiger partial charge on any atom is -0.508 e. The van der Waals surface area contributed by atoms with Gasteiger partial charge in [-0.15, -0.1) is 0 Å². The minimum absolute atomic E-state index is 0.0306. The maximum Gasteiger partial charge on any atom is 0.331 e. The molecule has 0 amide bonds. The SMILES string of the molecule is O=C(/C=C/c1ccc(O)cc1)O[C@H]1[C@H](O[C@H]2[C@H](Oc3c(-c4ccc(O)c(O)c4)oc4cc(O)cc(O)c4c3=O)O[C@H](CO)[C@@H](O)[C@@H]2O)O[C@H](CO)[C@@H](O)[C@@H]1O. The molecule has 10 atom stereocenters. The summed E-state index contributed by atoms with van der Waals surface area (Å²) < 4.78 is 34.4. The van der Waals surface area contributed by atoms with Gasteiger partial charge in [0, 0.05) is 23.8 Å². The predicted molar refractivity (Wildman–Crippen MR) is 183 cm³/mol.